The Kier molecular flexibility index (Phi) is 12.7. The Bertz CT molecular complexity index is 1250. The largest absolute Gasteiger partial charge is 0.508 e. The predicted molar refractivity (Wildman–Crippen MR) is 168 cm³/mol. The topological polar surface area (TPSA) is 77.8 Å². The van der Waals surface area contributed by atoms with Crippen molar-refractivity contribution >= 4 is 17.7 Å². The number of hydrogen-bond acceptors (Lipinski definition) is 4. The first kappa shape index (κ1) is 37.0. The van der Waals surface area contributed by atoms with Crippen LogP contribution in [-0.2, 0) is 10.2 Å². The Morgan fingerprint density at radius 1 is 0.889 bits per heavy atom. The average molecular weight is 659 g/mol. The van der Waals surface area contributed by atoms with E-state index in [0.29, 0.717) is 12.2 Å². The molecule has 0 aromatic heterocycles. The van der Waals surface area contributed by atoms with E-state index >= 15 is 0 Å². The highest BCUT2D eigenvalue weighted by molar-refractivity contribution is 7.99. The van der Waals surface area contributed by atoms with E-state index in [1.54, 1.807) is 43.0 Å². The molecule has 0 radical (unpaired) electrons. The molecule has 252 valence electrons. The van der Waals surface area contributed by atoms with E-state index in [2.05, 4.69) is 13.8 Å². The van der Waals surface area contributed by atoms with Crippen molar-refractivity contribution in [1.29, 1.82) is 0 Å². The Labute approximate surface area is 267 Å². The van der Waals surface area contributed by atoms with Gasteiger partial charge < -0.3 is 15.3 Å². The van der Waals surface area contributed by atoms with Crippen LogP contribution in [0.2, 0.25) is 0 Å². The lowest BCUT2D eigenvalue weighted by molar-refractivity contribution is -0.284. The van der Waals surface area contributed by atoms with Gasteiger partial charge in [0.15, 0.2) is 0 Å². The lowest BCUT2D eigenvalue weighted by Crippen LogP contribution is -2.48. The normalized spacial score (nSPS) is 20.8. The van der Waals surface area contributed by atoms with Crippen molar-refractivity contribution in [3.05, 3.63) is 53.6 Å². The number of aromatic hydroxyl groups is 2. The number of phenols is 2. The third-order valence-corrected chi connectivity index (χ3v) is 11.2. The minimum atomic E-state index is -5.61. The van der Waals surface area contributed by atoms with Gasteiger partial charge in [0.25, 0.3) is 0 Å². The van der Waals surface area contributed by atoms with E-state index in [9.17, 15) is 42.1 Å². The summed E-state index contributed by atoms with van der Waals surface area (Å²) in [5.74, 6) is -5.71. The van der Waals surface area contributed by atoms with Gasteiger partial charge >= 0.3 is 18.1 Å². The molecule has 4 nitrogen and oxygen atoms in total. The van der Waals surface area contributed by atoms with Crippen LogP contribution < -0.4 is 0 Å². The number of benzene rings is 2. The van der Waals surface area contributed by atoms with E-state index in [-0.39, 0.29) is 43.1 Å². The van der Waals surface area contributed by atoms with Gasteiger partial charge in [0.2, 0.25) is 0 Å². The SMILES string of the molecule is CCCCCCCCC(C1c2ccc(O)cc2SCC1(C)c1ccc(O)cc1)C(C)(CCCCCC(F)(F)C(F)(F)F)C(=O)O. The van der Waals surface area contributed by atoms with Crippen molar-refractivity contribution in [1.82, 2.24) is 0 Å². The van der Waals surface area contributed by atoms with E-state index in [1.807, 2.05) is 18.2 Å². The highest BCUT2D eigenvalue weighted by atomic mass is 32.2. The second-order valence-electron chi connectivity index (χ2n) is 13.1. The number of unbranched alkanes of at least 4 members (excludes halogenated alkanes) is 7. The summed E-state index contributed by atoms with van der Waals surface area (Å²) in [6, 6.07) is 12.1. The Balaban J connectivity index is 2.01. The molecule has 1 aliphatic heterocycles. The number of aliphatic carboxylic acids is 1. The van der Waals surface area contributed by atoms with E-state index in [4.69, 9.17) is 0 Å². The van der Waals surface area contributed by atoms with Crippen LogP contribution in [0.1, 0.15) is 115 Å². The molecule has 4 unspecified atom stereocenters. The molecule has 0 bridgehead atoms. The summed E-state index contributed by atoms with van der Waals surface area (Å²) in [7, 11) is 0. The highest BCUT2D eigenvalue weighted by Crippen LogP contribution is 2.59. The fourth-order valence-electron chi connectivity index (χ4n) is 6.94. The van der Waals surface area contributed by atoms with Gasteiger partial charge in [-0.05, 0) is 73.4 Å². The zero-order chi connectivity index (χ0) is 33.5. The monoisotopic (exact) mass is 658 g/mol. The van der Waals surface area contributed by atoms with Crippen molar-refractivity contribution < 1.29 is 42.1 Å². The molecule has 4 atom stereocenters. The number of fused-ring (bicyclic) bond motifs is 1. The van der Waals surface area contributed by atoms with Crippen molar-refractivity contribution in [2.75, 3.05) is 5.75 Å². The summed E-state index contributed by atoms with van der Waals surface area (Å²) < 4.78 is 65.1. The minimum Gasteiger partial charge on any atom is -0.508 e. The van der Waals surface area contributed by atoms with Crippen molar-refractivity contribution in [2.24, 2.45) is 11.3 Å². The number of carbonyl (C=O) groups is 1. The number of alkyl halides is 5. The lowest BCUT2D eigenvalue weighted by Gasteiger charge is -2.51. The zero-order valence-corrected chi connectivity index (χ0v) is 27.3. The molecule has 0 amide bonds. The van der Waals surface area contributed by atoms with Crippen LogP contribution >= 0.6 is 11.8 Å². The van der Waals surface area contributed by atoms with Crippen molar-refractivity contribution in [3.63, 3.8) is 0 Å². The molecule has 2 aromatic carbocycles. The summed E-state index contributed by atoms with van der Waals surface area (Å²) in [4.78, 5) is 14.1. The number of thioether (sulfide) groups is 1. The molecular weight excluding hydrogens is 611 g/mol. The van der Waals surface area contributed by atoms with Crippen molar-refractivity contribution in [2.45, 2.75) is 126 Å². The molecule has 0 saturated carbocycles. The molecule has 10 heteroatoms. The molecule has 0 fully saturated rings. The molecule has 0 spiro atoms. The number of hydrogen-bond donors (Lipinski definition) is 3. The first-order chi connectivity index (χ1) is 21.1. The molecule has 45 heavy (non-hydrogen) atoms. The summed E-state index contributed by atoms with van der Waals surface area (Å²) in [6.07, 6.45) is -0.265. The van der Waals surface area contributed by atoms with Gasteiger partial charge in [0.1, 0.15) is 11.5 Å². The Morgan fingerprint density at radius 3 is 2.09 bits per heavy atom. The number of halogens is 5. The number of carboxylic acid groups (broad SMARTS) is 1. The van der Waals surface area contributed by atoms with Crippen LogP contribution in [0.4, 0.5) is 22.0 Å². The summed E-state index contributed by atoms with van der Waals surface area (Å²) in [5, 5.41) is 31.1. The van der Waals surface area contributed by atoms with E-state index < -0.39 is 41.2 Å². The average Bonchev–Trinajstić information content (AvgIpc) is 2.96. The first-order valence-corrected chi connectivity index (χ1v) is 17.0. The van der Waals surface area contributed by atoms with Crippen LogP contribution in [0, 0.1) is 11.3 Å². The minimum absolute atomic E-state index is 0.0541. The van der Waals surface area contributed by atoms with E-state index in [0.717, 1.165) is 54.5 Å². The fraction of sp³-hybridized carbons (Fsp3) is 0.629. The van der Waals surface area contributed by atoms with Gasteiger partial charge in [-0.1, -0.05) is 83.4 Å². The second-order valence-corrected chi connectivity index (χ2v) is 14.1. The van der Waals surface area contributed by atoms with Gasteiger partial charge in [0.05, 0.1) is 5.41 Å². The molecule has 2 aromatic rings. The van der Waals surface area contributed by atoms with Crippen LogP contribution in [-0.4, -0.2) is 39.1 Å². The highest BCUT2D eigenvalue weighted by Gasteiger charge is 2.57. The number of rotatable bonds is 17. The van der Waals surface area contributed by atoms with Crippen LogP contribution in [0.5, 0.6) is 11.5 Å². The zero-order valence-electron chi connectivity index (χ0n) is 26.4. The quantitative estimate of drug-likeness (QED) is 0.116. The van der Waals surface area contributed by atoms with Crippen molar-refractivity contribution in [3.8, 4) is 11.5 Å². The third kappa shape index (κ3) is 8.86. The molecule has 3 N–H and O–H groups in total. The molecule has 0 aliphatic carbocycles. The predicted octanol–water partition coefficient (Wildman–Crippen LogP) is 10.9. The molecule has 1 aliphatic rings. The molecule has 0 saturated heterocycles. The molecule has 3 rings (SSSR count). The fourth-order valence-corrected chi connectivity index (χ4v) is 8.31. The van der Waals surface area contributed by atoms with E-state index in [1.165, 1.54) is 0 Å². The Hall–Kier alpha value is -2.49. The van der Waals surface area contributed by atoms with Crippen LogP contribution in [0.3, 0.4) is 0 Å². The number of carboxylic acids is 1. The third-order valence-electron chi connectivity index (χ3n) is 9.75. The summed E-state index contributed by atoms with van der Waals surface area (Å²) in [5.41, 5.74) is -0.0177. The summed E-state index contributed by atoms with van der Waals surface area (Å²) in [6.45, 7) is 5.93. The Morgan fingerprint density at radius 2 is 1.47 bits per heavy atom. The molecular formula is C35H47F5O4S. The first-order valence-electron chi connectivity index (χ1n) is 16.0. The van der Waals surface area contributed by atoms with Crippen LogP contribution in [0.15, 0.2) is 47.4 Å². The summed E-state index contributed by atoms with van der Waals surface area (Å²) >= 11 is 1.58. The van der Waals surface area contributed by atoms with Gasteiger partial charge in [-0.2, -0.15) is 22.0 Å². The standard InChI is InChI=1S/C35H47F5O4S/c1-4-5-6-7-8-10-13-28(32(2,31(43)44)20-11-9-12-21-34(36,37)35(38,39)40)30-27-19-18-26(42)22-29(27)45-23-33(30,3)24-14-16-25(41)17-15-24/h14-19,22,28,30,41-42H,4-13,20-21,23H2,1-3H3,(H,43,44). The van der Waals surface area contributed by atoms with Gasteiger partial charge in [-0.25, -0.2) is 0 Å². The smallest absolute Gasteiger partial charge is 0.453 e. The van der Waals surface area contributed by atoms with Crippen LogP contribution in [0.25, 0.3) is 0 Å². The lowest BCUT2D eigenvalue weighted by atomic mass is 9.56. The van der Waals surface area contributed by atoms with Gasteiger partial charge in [-0.15, -0.1) is 11.8 Å². The maximum absolute atomic E-state index is 13.5. The van der Waals surface area contributed by atoms with Gasteiger partial charge in [0, 0.05) is 22.5 Å². The van der Waals surface area contributed by atoms with Gasteiger partial charge in [-0.3, -0.25) is 4.79 Å². The maximum Gasteiger partial charge on any atom is 0.453 e. The number of phenolic OH excluding ortho intramolecular Hbond substituents is 2. The maximum atomic E-state index is 13.5. The second kappa shape index (κ2) is 15.4. The molecule has 1 heterocycles.